The van der Waals surface area contributed by atoms with E-state index >= 15 is 0 Å². The summed E-state index contributed by atoms with van der Waals surface area (Å²) in [6.07, 6.45) is 2.84. The van der Waals surface area contributed by atoms with Crippen molar-refractivity contribution in [2.45, 2.75) is 39.2 Å². The third-order valence-corrected chi connectivity index (χ3v) is 3.42. The molecule has 1 aliphatic rings. The maximum atomic E-state index is 12.5. The minimum Gasteiger partial charge on any atom is -0.456 e. The quantitative estimate of drug-likeness (QED) is 0.870. The van der Waals surface area contributed by atoms with Crippen molar-refractivity contribution in [1.29, 1.82) is 0 Å². The van der Waals surface area contributed by atoms with Gasteiger partial charge in [-0.3, -0.25) is 4.79 Å². The van der Waals surface area contributed by atoms with Gasteiger partial charge in [0.25, 0.3) is 5.91 Å². The second-order valence-corrected chi connectivity index (χ2v) is 4.76. The number of aryl methyl sites for hydroxylation is 1. The minimum atomic E-state index is 0.0326. The van der Waals surface area contributed by atoms with E-state index in [2.05, 4.69) is 12.2 Å². The smallest absolute Gasteiger partial charge is 0.289 e. The first-order valence-electron chi connectivity index (χ1n) is 6.86. The van der Waals surface area contributed by atoms with Crippen LogP contribution in [0, 0.1) is 0 Å². The van der Waals surface area contributed by atoms with Crippen molar-refractivity contribution >= 4 is 5.91 Å². The molecule has 4 nitrogen and oxygen atoms in total. The first-order chi connectivity index (χ1) is 8.76. The molecule has 1 atom stereocenters. The van der Waals surface area contributed by atoms with Gasteiger partial charge in [0.15, 0.2) is 5.76 Å². The van der Waals surface area contributed by atoms with E-state index in [9.17, 15) is 4.79 Å². The summed E-state index contributed by atoms with van der Waals surface area (Å²) in [4.78, 5) is 14.4. The van der Waals surface area contributed by atoms with Crippen molar-refractivity contribution in [2.75, 3.05) is 19.6 Å². The summed E-state index contributed by atoms with van der Waals surface area (Å²) in [6, 6.07) is 4.00. The second kappa shape index (κ2) is 6.05. The molecule has 0 aromatic carbocycles. The lowest BCUT2D eigenvalue weighted by Gasteiger charge is -2.27. The van der Waals surface area contributed by atoms with Crippen LogP contribution < -0.4 is 5.32 Å². The van der Waals surface area contributed by atoms with E-state index in [4.69, 9.17) is 4.42 Å². The number of hydrogen-bond donors (Lipinski definition) is 1. The zero-order chi connectivity index (χ0) is 13.0. The molecule has 1 saturated heterocycles. The zero-order valence-corrected chi connectivity index (χ0v) is 11.2. The Morgan fingerprint density at radius 3 is 2.89 bits per heavy atom. The molecule has 1 amide bonds. The molecule has 0 radical (unpaired) electrons. The monoisotopic (exact) mass is 250 g/mol. The van der Waals surface area contributed by atoms with Crippen molar-refractivity contribution in [3.8, 4) is 0 Å². The highest BCUT2D eigenvalue weighted by atomic mass is 16.4. The van der Waals surface area contributed by atoms with Gasteiger partial charge in [-0.2, -0.15) is 0 Å². The predicted octanol–water partition coefficient (Wildman–Crippen LogP) is 2.06. The molecule has 1 N–H and O–H groups in total. The molecular formula is C14H22N2O2. The van der Waals surface area contributed by atoms with Crippen LogP contribution in [0.3, 0.4) is 0 Å². The van der Waals surface area contributed by atoms with Gasteiger partial charge in [0.1, 0.15) is 5.76 Å². The fourth-order valence-corrected chi connectivity index (χ4v) is 2.42. The summed E-state index contributed by atoms with van der Waals surface area (Å²) in [5.74, 6) is 1.39. The van der Waals surface area contributed by atoms with Crippen molar-refractivity contribution in [1.82, 2.24) is 10.2 Å². The maximum absolute atomic E-state index is 12.5. The molecule has 100 valence electrons. The summed E-state index contributed by atoms with van der Waals surface area (Å²) >= 11 is 0. The predicted molar refractivity (Wildman–Crippen MR) is 70.7 cm³/mol. The Morgan fingerprint density at radius 1 is 1.50 bits per heavy atom. The van der Waals surface area contributed by atoms with Crippen LogP contribution in [0.1, 0.15) is 43.0 Å². The Bertz CT molecular complexity index is 394. The van der Waals surface area contributed by atoms with Crippen LogP contribution in [0.5, 0.6) is 0 Å². The summed E-state index contributed by atoms with van der Waals surface area (Å²) in [5.41, 5.74) is 0. The van der Waals surface area contributed by atoms with Gasteiger partial charge in [0.05, 0.1) is 0 Å². The third-order valence-electron chi connectivity index (χ3n) is 3.42. The standard InChI is InChI=1S/C14H22N2O2/c1-3-9-16(11-7-8-15-10-11)14(17)13-6-5-12(4-2)18-13/h5-6,11,15H,3-4,7-10H2,1-2H3. The van der Waals surface area contributed by atoms with Crippen LogP contribution >= 0.6 is 0 Å². The number of hydrogen-bond acceptors (Lipinski definition) is 3. The van der Waals surface area contributed by atoms with Crippen LogP contribution in [0.4, 0.5) is 0 Å². The molecule has 0 aliphatic carbocycles. The zero-order valence-electron chi connectivity index (χ0n) is 11.2. The summed E-state index contributed by atoms with van der Waals surface area (Å²) in [6.45, 7) is 6.82. The lowest BCUT2D eigenvalue weighted by Crippen LogP contribution is -2.41. The Balaban J connectivity index is 2.11. The molecule has 0 saturated carbocycles. The molecule has 2 heterocycles. The van der Waals surface area contributed by atoms with E-state index in [0.29, 0.717) is 11.8 Å². The molecule has 18 heavy (non-hydrogen) atoms. The van der Waals surface area contributed by atoms with Gasteiger partial charge in [-0.25, -0.2) is 0 Å². The first-order valence-corrected chi connectivity index (χ1v) is 6.86. The number of amides is 1. The van der Waals surface area contributed by atoms with Gasteiger partial charge in [-0.1, -0.05) is 13.8 Å². The van der Waals surface area contributed by atoms with E-state index in [1.54, 1.807) is 6.07 Å². The van der Waals surface area contributed by atoms with E-state index in [0.717, 1.165) is 44.7 Å². The molecule has 2 rings (SSSR count). The number of carbonyl (C=O) groups excluding carboxylic acids is 1. The molecule has 1 aliphatic heterocycles. The average molecular weight is 250 g/mol. The van der Waals surface area contributed by atoms with E-state index < -0.39 is 0 Å². The second-order valence-electron chi connectivity index (χ2n) is 4.76. The van der Waals surface area contributed by atoms with Crippen LogP contribution in [-0.4, -0.2) is 36.5 Å². The van der Waals surface area contributed by atoms with Crippen LogP contribution in [0.2, 0.25) is 0 Å². The van der Waals surface area contributed by atoms with E-state index in [1.165, 1.54) is 0 Å². The highest BCUT2D eigenvalue weighted by Crippen LogP contribution is 2.16. The van der Waals surface area contributed by atoms with E-state index in [1.807, 2.05) is 17.9 Å². The molecule has 1 aromatic rings. The molecule has 1 fully saturated rings. The average Bonchev–Trinajstić information content (AvgIpc) is 3.05. The van der Waals surface area contributed by atoms with Crippen LogP contribution in [-0.2, 0) is 6.42 Å². The number of furan rings is 1. The minimum absolute atomic E-state index is 0.0326. The van der Waals surface area contributed by atoms with Gasteiger partial charge >= 0.3 is 0 Å². The SMILES string of the molecule is CCCN(C(=O)c1ccc(CC)o1)C1CCNC1. The molecule has 0 spiro atoms. The van der Waals surface area contributed by atoms with Crippen molar-refractivity contribution in [3.63, 3.8) is 0 Å². The Kier molecular flexibility index (Phi) is 4.42. The molecule has 4 heteroatoms. The highest BCUT2D eigenvalue weighted by molar-refractivity contribution is 5.91. The summed E-state index contributed by atoms with van der Waals surface area (Å²) in [5, 5.41) is 3.31. The fourth-order valence-electron chi connectivity index (χ4n) is 2.42. The van der Waals surface area contributed by atoms with Gasteiger partial charge in [0, 0.05) is 25.6 Å². The topological polar surface area (TPSA) is 45.5 Å². The molecule has 1 unspecified atom stereocenters. The summed E-state index contributed by atoms with van der Waals surface area (Å²) < 4.78 is 5.57. The fraction of sp³-hybridized carbons (Fsp3) is 0.643. The number of rotatable bonds is 5. The number of nitrogens with one attached hydrogen (secondary N) is 1. The third kappa shape index (κ3) is 2.75. The van der Waals surface area contributed by atoms with Gasteiger partial charge in [-0.15, -0.1) is 0 Å². The lowest BCUT2D eigenvalue weighted by molar-refractivity contribution is 0.0658. The van der Waals surface area contributed by atoms with Crippen molar-refractivity contribution in [3.05, 3.63) is 23.7 Å². The van der Waals surface area contributed by atoms with Crippen LogP contribution in [0.15, 0.2) is 16.5 Å². The Morgan fingerprint density at radius 2 is 2.33 bits per heavy atom. The lowest BCUT2D eigenvalue weighted by atomic mass is 10.2. The van der Waals surface area contributed by atoms with Crippen molar-refractivity contribution in [2.24, 2.45) is 0 Å². The van der Waals surface area contributed by atoms with Crippen LogP contribution in [0.25, 0.3) is 0 Å². The Labute approximate surface area is 108 Å². The van der Waals surface area contributed by atoms with Crippen molar-refractivity contribution < 1.29 is 9.21 Å². The molecule has 1 aromatic heterocycles. The highest BCUT2D eigenvalue weighted by Gasteiger charge is 2.28. The van der Waals surface area contributed by atoms with Gasteiger partial charge in [-0.05, 0) is 31.5 Å². The van der Waals surface area contributed by atoms with Gasteiger partial charge < -0.3 is 14.6 Å². The number of carbonyl (C=O) groups is 1. The normalized spacial score (nSPS) is 19.1. The van der Waals surface area contributed by atoms with Gasteiger partial charge in [0.2, 0.25) is 0 Å². The molecular weight excluding hydrogens is 228 g/mol. The maximum Gasteiger partial charge on any atom is 0.289 e. The number of nitrogens with zero attached hydrogens (tertiary/aromatic N) is 1. The molecule has 0 bridgehead atoms. The summed E-state index contributed by atoms with van der Waals surface area (Å²) in [7, 11) is 0. The van der Waals surface area contributed by atoms with E-state index in [-0.39, 0.29) is 5.91 Å². The largest absolute Gasteiger partial charge is 0.456 e. The Hall–Kier alpha value is -1.29. The first kappa shape index (κ1) is 13.1.